The molecule has 1 amide bonds. The maximum atomic E-state index is 11.5. The zero-order valence-electron chi connectivity index (χ0n) is 10.6. The maximum Gasteiger partial charge on any atom is 0.286 e. The van der Waals surface area contributed by atoms with Crippen molar-refractivity contribution in [1.82, 2.24) is 0 Å². The minimum Gasteiger partial charge on any atom is -0.370 e. The Kier molecular flexibility index (Phi) is 5.54. The van der Waals surface area contributed by atoms with Gasteiger partial charge in [-0.1, -0.05) is 30.4 Å². The summed E-state index contributed by atoms with van der Waals surface area (Å²) in [5, 5.41) is 0.308. The summed E-state index contributed by atoms with van der Waals surface area (Å²) in [5.41, 5.74) is 10.3. The fourth-order valence-electron chi connectivity index (χ4n) is 1.53. The van der Waals surface area contributed by atoms with E-state index in [4.69, 9.17) is 16.0 Å². The second-order valence-electron chi connectivity index (χ2n) is 4.04. The molecular weight excluding hydrogens is 302 g/mol. The average Bonchev–Trinajstić information content (AvgIpc) is 2.69. The molecule has 0 radical (unpaired) electrons. The highest BCUT2D eigenvalue weighted by Crippen LogP contribution is 2.39. The van der Waals surface area contributed by atoms with Gasteiger partial charge < -0.3 is 11.5 Å². The van der Waals surface area contributed by atoms with Crippen molar-refractivity contribution < 1.29 is 17.8 Å². The number of hydrogen-bond donors (Lipinski definition) is 3. The van der Waals surface area contributed by atoms with E-state index in [1.807, 2.05) is 18.2 Å². The van der Waals surface area contributed by atoms with E-state index in [0.29, 0.717) is 16.4 Å². The number of hydrogen-bond acceptors (Lipinski definition) is 4. The minimum absolute atomic E-state index is 0.192. The molecule has 110 valence electrons. The second kappa shape index (κ2) is 6.73. The van der Waals surface area contributed by atoms with Crippen LogP contribution in [0.25, 0.3) is 0 Å². The standard InChI is InChI=1S/C10H11N3OS.CH4O3S/c11-10(12)13-9(14)8-5-6-3-1-2-4-7(6)15-8;1-5(2,3)4/h1-7H,(H4,11,12,13,14);1H3,(H,2,3,4). The smallest absolute Gasteiger partial charge is 0.286 e. The molecular formula is C11H15N3O4S2. The SMILES string of the molecule is CS(=O)(=O)O.NC(N)=NC(=O)C1=CC2C=CC=CC2S1. The first-order valence-corrected chi connectivity index (χ1v) is 8.19. The number of carbonyl (C=O) groups is 1. The molecule has 0 aromatic carbocycles. The minimum atomic E-state index is -3.67. The monoisotopic (exact) mass is 317 g/mol. The van der Waals surface area contributed by atoms with Gasteiger partial charge in [0.25, 0.3) is 16.0 Å². The lowest BCUT2D eigenvalue weighted by atomic mass is 10.0. The Bertz CT molecular complexity index is 593. The van der Waals surface area contributed by atoms with Crippen molar-refractivity contribution >= 4 is 33.7 Å². The van der Waals surface area contributed by atoms with Gasteiger partial charge in [-0.3, -0.25) is 9.35 Å². The molecule has 9 heteroatoms. The third-order valence-electron chi connectivity index (χ3n) is 2.17. The average molecular weight is 317 g/mol. The van der Waals surface area contributed by atoms with Crippen molar-refractivity contribution in [1.29, 1.82) is 0 Å². The largest absolute Gasteiger partial charge is 0.370 e. The van der Waals surface area contributed by atoms with Crippen molar-refractivity contribution in [3.63, 3.8) is 0 Å². The predicted octanol–water partition coefficient (Wildman–Crippen LogP) is 0.0319. The fraction of sp³-hybridized carbons (Fsp3) is 0.273. The molecule has 5 N–H and O–H groups in total. The van der Waals surface area contributed by atoms with Crippen LogP contribution in [0, 0.1) is 5.92 Å². The fourth-order valence-corrected chi connectivity index (χ4v) is 2.70. The van der Waals surface area contributed by atoms with Gasteiger partial charge in [0.15, 0.2) is 5.96 Å². The van der Waals surface area contributed by atoms with Gasteiger partial charge in [-0.15, -0.1) is 11.8 Å². The molecule has 0 aromatic heterocycles. The van der Waals surface area contributed by atoms with Crippen molar-refractivity contribution in [3.8, 4) is 0 Å². The lowest BCUT2D eigenvalue weighted by Crippen LogP contribution is -2.24. The number of nitrogens with zero attached hydrogens (tertiary/aromatic N) is 1. The third kappa shape index (κ3) is 6.04. The zero-order chi connectivity index (χ0) is 15.3. The number of amides is 1. The van der Waals surface area contributed by atoms with Crippen molar-refractivity contribution in [2.75, 3.05) is 6.26 Å². The van der Waals surface area contributed by atoms with Crippen LogP contribution in [0.5, 0.6) is 0 Å². The highest BCUT2D eigenvalue weighted by Gasteiger charge is 2.28. The second-order valence-corrected chi connectivity index (χ2v) is 6.72. The van der Waals surface area contributed by atoms with E-state index in [-0.39, 0.29) is 17.8 Å². The highest BCUT2D eigenvalue weighted by atomic mass is 32.2. The molecule has 1 aliphatic carbocycles. The van der Waals surface area contributed by atoms with Crippen molar-refractivity contribution in [2.24, 2.45) is 22.4 Å². The van der Waals surface area contributed by atoms with E-state index in [0.717, 1.165) is 0 Å². The quantitative estimate of drug-likeness (QED) is 0.352. The van der Waals surface area contributed by atoms with Crippen LogP contribution in [0.1, 0.15) is 0 Å². The highest BCUT2D eigenvalue weighted by molar-refractivity contribution is 8.05. The molecule has 7 nitrogen and oxygen atoms in total. The lowest BCUT2D eigenvalue weighted by Gasteiger charge is -2.12. The van der Waals surface area contributed by atoms with E-state index in [9.17, 15) is 13.2 Å². The van der Waals surface area contributed by atoms with Gasteiger partial charge in [-0.2, -0.15) is 13.4 Å². The van der Waals surface area contributed by atoms with Gasteiger partial charge >= 0.3 is 0 Å². The summed E-state index contributed by atoms with van der Waals surface area (Å²) in [5.74, 6) is -0.258. The molecule has 2 aliphatic rings. The summed E-state index contributed by atoms with van der Waals surface area (Å²) in [7, 11) is -3.67. The number of nitrogens with two attached hydrogens (primary N) is 2. The first kappa shape index (κ1) is 16.5. The van der Waals surface area contributed by atoms with Crippen molar-refractivity contribution in [2.45, 2.75) is 5.25 Å². The van der Waals surface area contributed by atoms with Crippen LogP contribution in [0.4, 0.5) is 0 Å². The third-order valence-corrected chi connectivity index (χ3v) is 3.48. The summed E-state index contributed by atoms with van der Waals surface area (Å²) in [4.78, 5) is 15.6. The number of aliphatic imine (C=N–C) groups is 1. The summed E-state index contributed by atoms with van der Waals surface area (Å²) >= 11 is 1.50. The Balaban J connectivity index is 0.000000347. The van der Waals surface area contributed by atoms with E-state index < -0.39 is 10.1 Å². The van der Waals surface area contributed by atoms with E-state index in [2.05, 4.69) is 17.1 Å². The lowest BCUT2D eigenvalue weighted by molar-refractivity contribution is -0.113. The molecule has 2 rings (SSSR count). The van der Waals surface area contributed by atoms with Gasteiger partial charge in [-0.05, 0) is 0 Å². The number of allylic oxidation sites excluding steroid dienone is 4. The normalized spacial score (nSPS) is 23.2. The number of rotatable bonds is 1. The molecule has 2 atom stereocenters. The first-order chi connectivity index (χ1) is 9.16. The van der Waals surface area contributed by atoms with Crippen LogP contribution in [0.3, 0.4) is 0 Å². The molecule has 0 spiro atoms. The summed E-state index contributed by atoms with van der Waals surface area (Å²) in [6.45, 7) is 0. The zero-order valence-corrected chi connectivity index (χ0v) is 12.3. The molecule has 0 saturated carbocycles. The molecule has 1 heterocycles. The predicted molar refractivity (Wildman–Crippen MR) is 79.5 cm³/mol. The van der Waals surface area contributed by atoms with Crippen LogP contribution >= 0.6 is 11.8 Å². The first-order valence-electron chi connectivity index (χ1n) is 5.46. The molecule has 2 unspecified atom stereocenters. The number of thioether (sulfide) groups is 1. The number of fused-ring (bicyclic) bond motifs is 1. The summed E-state index contributed by atoms with van der Waals surface area (Å²) in [6, 6.07) is 0. The Morgan fingerprint density at radius 2 is 1.90 bits per heavy atom. The Morgan fingerprint density at radius 3 is 2.40 bits per heavy atom. The van der Waals surface area contributed by atoms with Gasteiger partial charge in [0, 0.05) is 11.2 Å². The molecule has 0 aromatic rings. The molecule has 0 bridgehead atoms. The van der Waals surface area contributed by atoms with Gasteiger partial charge in [0.2, 0.25) is 0 Å². The Morgan fingerprint density at radius 1 is 1.35 bits per heavy atom. The van der Waals surface area contributed by atoms with Crippen LogP contribution < -0.4 is 11.5 Å². The van der Waals surface area contributed by atoms with Crippen molar-refractivity contribution in [3.05, 3.63) is 35.3 Å². The van der Waals surface area contributed by atoms with E-state index in [1.54, 1.807) is 0 Å². The Hall–Kier alpha value is -1.58. The van der Waals surface area contributed by atoms with Gasteiger partial charge in [-0.25, -0.2) is 0 Å². The summed E-state index contributed by atoms with van der Waals surface area (Å²) < 4.78 is 25.9. The topological polar surface area (TPSA) is 136 Å². The van der Waals surface area contributed by atoms with Crippen LogP contribution in [0.2, 0.25) is 0 Å². The Labute approximate surface area is 121 Å². The van der Waals surface area contributed by atoms with Crippen LogP contribution in [0.15, 0.2) is 40.3 Å². The van der Waals surface area contributed by atoms with E-state index in [1.165, 1.54) is 11.8 Å². The van der Waals surface area contributed by atoms with Crippen LogP contribution in [-0.2, 0) is 14.9 Å². The number of carbonyl (C=O) groups excluding carboxylic acids is 1. The van der Waals surface area contributed by atoms with Gasteiger partial charge in [0.05, 0.1) is 11.2 Å². The molecule has 1 aliphatic heterocycles. The number of guanidine groups is 1. The van der Waals surface area contributed by atoms with Gasteiger partial charge in [0.1, 0.15) is 0 Å². The van der Waals surface area contributed by atoms with E-state index >= 15 is 0 Å². The molecule has 0 saturated heterocycles. The molecule has 20 heavy (non-hydrogen) atoms. The van der Waals surface area contributed by atoms with Crippen LogP contribution in [-0.4, -0.2) is 36.3 Å². The molecule has 0 fully saturated rings. The maximum absolute atomic E-state index is 11.5. The summed E-state index contributed by atoms with van der Waals surface area (Å²) in [6.07, 6.45) is 10.7.